The molecular formula is C15H18N2S. The third kappa shape index (κ3) is 2.20. The van der Waals surface area contributed by atoms with E-state index in [2.05, 4.69) is 42.7 Å². The van der Waals surface area contributed by atoms with E-state index in [4.69, 9.17) is 4.98 Å². The molecule has 0 aliphatic carbocycles. The fourth-order valence-electron chi connectivity index (χ4n) is 2.32. The van der Waals surface area contributed by atoms with Crippen LogP contribution in [0, 0.1) is 0 Å². The highest BCUT2D eigenvalue weighted by atomic mass is 32.1. The second kappa shape index (κ2) is 4.82. The van der Waals surface area contributed by atoms with Crippen LogP contribution in [0.15, 0.2) is 23.6 Å². The number of aromatic nitrogens is 1. The van der Waals surface area contributed by atoms with Gasteiger partial charge in [0.15, 0.2) is 0 Å². The Labute approximate surface area is 112 Å². The van der Waals surface area contributed by atoms with Gasteiger partial charge in [0.25, 0.3) is 0 Å². The number of hydrogen-bond acceptors (Lipinski definition) is 3. The Kier molecular flexibility index (Phi) is 3.18. The Balaban J connectivity index is 1.95. The summed E-state index contributed by atoms with van der Waals surface area (Å²) in [4.78, 5) is 4.73. The van der Waals surface area contributed by atoms with E-state index in [0.717, 1.165) is 25.2 Å². The van der Waals surface area contributed by atoms with Gasteiger partial charge in [-0.15, -0.1) is 11.3 Å². The third-order valence-electron chi connectivity index (χ3n) is 3.40. The molecule has 0 fully saturated rings. The Morgan fingerprint density at radius 2 is 2.17 bits per heavy atom. The number of thiazole rings is 1. The molecule has 0 unspecified atom stereocenters. The molecule has 2 aromatic rings. The molecule has 0 bridgehead atoms. The zero-order valence-corrected chi connectivity index (χ0v) is 11.7. The summed E-state index contributed by atoms with van der Waals surface area (Å²) in [5, 5.41) is 6.81. The van der Waals surface area contributed by atoms with Crippen molar-refractivity contribution in [2.75, 3.05) is 6.54 Å². The minimum absolute atomic E-state index is 0.519. The molecule has 0 spiro atoms. The number of benzene rings is 1. The van der Waals surface area contributed by atoms with Gasteiger partial charge in [-0.25, -0.2) is 4.98 Å². The van der Waals surface area contributed by atoms with Crippen molar-refractivity contribution in [3.8, 4) is 11.3 Å². The first-order valence-electron chi connectivity index (χ1n) is 6.52. The Bertz CT molecular complexity index is 557. The number of fused-ring (bicyclic) bond motifs is 1. The molecule has 0 radical (unpaired) electrons. The van der Waals surface area contributed by atoms with Crippen LogP contribution in [0.1, 0.15) is 35.9 Å². The summed E-state index contributed by atoms with van der Waals surface area (Å²) < 4.78 is 0. The van der Waals surface area contributed by atoms with E-state index < -0.39 is 0 Å². The van der Waals surface area contributed by atoms with Gasteiger partial charge in [0.2, 0.25) is 0 Å². The summed E-state index contributed by atoms with van der Waals surface area (Å²) in [6, 6.07) is 6.76. The smallest absolute Gasteiger partial charge is 0.0958 e. The van der Waals surface area contributed by atoms with Gasteiger partial charge in [0.1, 0.15) is 0 Å². The molecule has 1 aliphatic rings. The fraction of sp³-hybridized carbons (Fsp3) is 0.400. The van der Waals surface area contributed by atoms with Gasteiger partial charge < -0.3 is 5.32 Å². The van der Waals surface area contributed by atoms with Crippen LogP contribution in [-0.4, -0.2) is 11.5 Å². The van der Waals surface area contributed by atoms with E-state index in [0.29, 0.717) is 5.92 Å². The van der Waals surface area contributed by atoms with E-state index in [1.807, 2.05) is 0 Å². The predicted octanol–water partition coefficient (Wildman–Crippen LogP) is 3.58. The maximum atomic E-state index is 4.73. The summed E-state index contributed by atoms with van der Waals surface area (Å²) in [5.74, 6) is 0.519. The zero-order valence-electron chi connectivity index (χ0n) is 10.9. The van der Waals surface area contributed by atoms with Crippen LogP contribution in [0.2, 0.25) is 0 Å². The SMILES string of the molecule is CC(C)c1nc(-c2ccc3c(c2)CCNC3)cs1. The van der Waals surface area contributed by atoms with E-state index in [-0.39, 0.29) is 0 Å². The van der Waals surface area contributed by atoms with Crippen molar-refractivity contribution in [1.82, 2.24) is 10.3 Å². The van der Waals surface area contributed by atoms with Crippen LogP contribution in [0.4, 0.5) is 0 Å². The highest BCUT2D eigenvalue weighted by Gasteiger charge is 2.12. The first-order chi connectivity index (χ1) is 8.74. The van der Waals surface area contributed by atoms with Gasteiger partial charge >= 0.3 is 0 Å². The molecule has 2 nitrogen and oxygen atoms in total. The van der Waals surface area contributed by atoms with E-state index in [1.165, 1.54) is 21.7 Å². The minimum atomic E-state index is 0.519. The normalized spacial score (nSPS) is 14.8. The van der Waals surface area contributed by atoms with Crippen molar-refractivity contribution in [2.24, 2.45) is 0 Å². The van der Waals surface area contributed by atoms with Crippen LogP contribution in [0.3, 0.4) is 0 Å². The monoisotopic (exact) mass is 258 g/mol. The lowest BCUT2D eigenvalue weighted by molar-refractivity contribution is 0.644. The lowest BCUT2D eigenvalue weighted by atomic mass is 9.97. The molecule has 3 heteroatoms. The Morgan fingerprint density at radius 1 is 1.28 bits per heavy atom. The van der Waals surface area contributed by atoms with Gasteiger partial charge in [-0.3, -0.25) is 0 Å². The van der Waals surface area contributed by atoms with Crippen molar-refractivity contribution < 1.29 is 0 Å². The average molecular weight is 258 g/mol. The molecule has 18 heavy (non-hydrogen) atoms. The molecule has 1 aromatic carbocycles. The Hall–Kier alpha value is -1.19. The maximum absolute atomic E-state index is 4.73. The summed E-state index contributed by atoms with van der Waals surface area (Å²) in [5.41, 5.74) is 5.30. The molecule has 1 N–H and O–H groups in total. The van der Waals surface area contributed by atoms with E-state index in [9.17, 15) is 0 Å². The minimum Gasteiger partial charge on any atom is -0.312 e. The summed E-state index contributed by atoms with van der Waals surface area (Å²) in [6.45, 7) is 6.48. The largest absolute Gasteiger partial charge is 0.312 e. The van der Waals surface area contributed by atoms with Crippen molar-refractivity contribution >= 4 is 11.3 Å². The molecule has 3 rings (SSSR count). The van der Waals surface area contributed by atoms with Gasteiger partial charge in [0.05, 0.1) is 10.7 Å². The molecule has 1 aromatic heterocycles. The standard InChI is InChI=1S/C15H18N2S/c1-10(2)15-17-14(9-18-15)12-3-4-13-8-16-6-5-11(13)7-12/h3-4,7,9-10,16H,5-6,8H2,1-2H3. The van der Waals surface area contributed by atoms with E-state index in [1.54, 1.807) is 11.3 Å². The van der Waals surface area contributed by atoms with Crippen molar-refractivity contribution in [2.45, 2.75) is 32.7 Å². The van der Waals surface area contributed by atoms with Crippen LogP contribution < -0.4 is 5.32 Å². The molecule has 0 saturated carbocycles. The van der Waals surface area contributed by atoms with Gasteiger partial charge in [-0.1, -0.05) is 26.0 Å². The molecule has 2 heterocycles. The van der Waals surface area contributed by atoms with Crippen LogP contribution in [0.5, 0.6) is 0 Å². The quantitative estimate of drug-likeness (QED) is 0.890. The van der Waals surface area contributed by atoms with Crippen molar-refractivity contribution in [1.29, 1.82) is 0 Å². The van der Waals surface area contributed by atoms with Crippen molar-refractivity contribution in [3.05, 3.63) is 39.7 Å². The highest BCUT2D eigenvalue weighted by Crippen LogP contribution is 2.28. The predicted molar refractivity (Wildman–Crippen MR) is 77.0 cm³/mol. The molecular weight excluding hydrogens is 240 g/mol. The topological polar surface area (TPSA) is 24.9 Å². The second-order valence-electron chi connectivity index (χ2n) is 5.14. The number of hydrogen-bond donors (Lipinski definition) is 1. The summed E-state index contributed by atoms with van der Waals surface area (Å²) in [6.07, 6.45) is 1.13. The number of nitrogens with one attached hydrogen (secondary N) is 1. The zero-order chi connectivity index (χ0) is 12.5. The highest BCUT2D eigenvalue weighted by molar-refractivity contribution is 7.10. The van der Waals surface area contributed by atoms with Crippen LogP contribution >= 0.6 is 11.3 Å². The van der Waals surface area contributed by atoms with Crippen molar-refractivity contribution in [3.63, 3.8) is 0 Å². The van der Waals surface area contributed by atoms with Gasteiger partial charge in [-0.05, 0) is 30.2 Å². The summed E-state index contributed by atoms with van der Waals surface area (Å²) >= 11 is 1.77. The Morgan fingerprint density at radius 3 is 2.94 bits per heavy atom. The van der Waals surface area contributed by atoms with Gasteiger partial charge in [-0.2, -0.15) is 0 Å². The first-order valence-corrected chi connectivity index (χ1v) is 7.40. The number of rotatable bonds is 2. The summed E-state index contributed by atoms with van der Waals surface area (Å²) in [7, 11) is 0. The first kappa shape index (κ1) is 11.9. The van der Waals surface area contributed by atoms with E-state index >= 15 is 0 Å². The molecule has 0 saturated heterocycles. The van der Waals surface area contributed by atoms with Gasteiger partial charge in [0, 0.05) is 23.4 Å². The maximum Gasteiger partial charge on any atom is 0.0958 e. The molecule has 94 valence electrons. The fourth-order valence-corrected chi connectivity index (χ4v) is 3.17. The lowest BCUT2D eigenvalue weighted by Gasteiger charge is -2.17. The molecule has 1 aliphatic heterocycles. The molecule has 0 atom stereocenters. The molecule has 0 amide bonds. The lowest BCUT2D eigenvalue weighted by Crippen LogP contribution is -2.23. The van der Waals surface area contributed by atoms with Crippen LogP contribution in [-0.2, 0) is 13.0 Å². The average Bonchev–Trinajstić information content (AvgIpc) is 2.88. The third-order valence-corrected chi connectivity index (χ3v) is 4.55. The van der Waals surface area contributed by atoms with Crippen LogP contribution in [0.25, 0.3) is 11.3 Å². The number of nitrogens with zero attached hydrogens (tertiary/aromatic N) is 1. The second-order valence-corrected chi connectivity index (χ2v) is 6.03.